The third-order valence-electron chi connectivity index (χ3n) is 2.12. The summed E-state index contributed by atoms with van der Waals surface area (Å²) in [4.78, 5) is 0. The molecule has 1 fully saturated rings. The second-order valence-corrected chi connectivity index (χ2v) is 3.01. The molecule has 1 aliphatic carbocycles. The fourth-order valence-electron chi connectivity index (χ4n) is 1.15. The number of hydrogen-bond acceptors (Lipinski definition) is 1. The van der Waals surface area contributed by atoms with Gasteiger partial charge in [-0.2, -0.15) is 0 Å². The van der Waals surface area contributed by atoms with E-state index in [9.17, 15) is 0 Å². The monoisotopic (exact) mass is 139 g/mol. The predicted molar refractivity (Wildman–Crippen MR) is 45.0 cm³/mol. The lowest BCUT2D eigenvalue weighted by atomic mass is 9.85. The molecule has 0 aromatic rings. The molecule has 0 amide bonds. The minimum absolute atomic E-state index is 0.928. The van der Waals surface area contributed by atoms with Crippen molar-refractivity contribution in [3.63, 3.8) is 0 Å². The van der Waals surface area contributed by atoms with Crippen molar-refractivity contribution in [2.75, 3.05) is 13.6 Å². The summed E-state index contributed by atoms with van der Waals surface area (Å²) in [5.41, 5.74) is 0. The highest BCUT2D eigenvalue weighted by atomic mass is 14.8. The van der Waals surface area contributed by atoms with Gasteiger partial charge in [0.15, 0.2) is 0 Å². The molecule has 0 radical (unpaired) electrons. The van der Waals surface area contributed by atoms with Crippen LogP contribution in [0.1, 0.15) is 25.7 Å². The first-order chi connectivity index (χ1) is 4.93. The molecule has 0 aliphatic heterocycles. The van der Waals surface area contributed by atoms with Gasteiger partial charge in [-0.25, -0.2) is 0 Å². The molecule has 0 atom stereocenters. The van der Waals surface area contributed by atoms with Crippen molar-refractivity contribution in [2.24, 2.45) is 5.92 Å². The van der Waals surface area contributed by atoms with Gasteiger partial charge in [0, 0.05) is 0 Å². The van der Waals surface area contributed by atoms with E-state index in [1.807, 2.05) is 7.05 Å². The van der Waals surface area contributed by atoms with Gasteiger partial charge in [-0.3, -0.25) is 0 Å². The van der Waals surface area contributed by atoms with Gasteiger partial charge in [0.1, 0.15) is 0 Å². The molecule has 10 heavy (non-hydrogen) atoms. The van der Waals surface area contributed by atoms with E-state index < -0.39 is 0 Å². The first-order valence-corrected chi connectivity index (χ1v) is 4.24. The third-order valence-corrected chi connectivity index (χ3v) is 2.12. The molecule has 1 saturated carbocycles. The topological polar surface area (TPSA) is 12.0 Å². The van der Waals surface area contributed by atoms with Gasteiger partial charge < -0.3 is 5.32 Å². The fraction of sp³-hybridized carbons (Fsp3) is 0.778. The van der Waals surface area contributed by atoms with Crippen LogP contribution in [0, 0.1) is 5.92 Å². The Morgan fingerprint density at radius 3 is 2.80 bits per heavy atom. The fourth-order valence-corrected chi connectivity index (χ4v) is 1.15. The first-order valence-electron chi connectivity index (χ1n) is 4.24. The average Bonchev–Trinajstić information content (AvgIpc) is 1.84. The molecule has 1 heteroatoms. The molecule has 0 aromatic heterocycles. The van der Waals surface area contributed by atoms with Crippen LogP contribution in [0.5, 0.6) is 0 Å². The molecule has 1 rings (SSSR count). The Labute approximate surface area is 63.5 Å². The lowest BCUT2D eigenvalue weighted by molar-refractivity contribution is 0.387. The Balaban J connectivity index is 1.94. The quantitative estimate of drug-likeness (QED) is 0.463. The van der Waals surface area contributed by atoms with Crippen LogP contribution in [0.2, 0.25) is 0 Å². The van der Waals surface area contributed by atoms with E-state index in [1.165, 1.54) is 25.7 Å². The van der Waals surface area contributed by atoms with E-state index in [2.05, 4.69) is 17.5 Å². The summed E-state index contributed by atoms with van der Waals surface area (Å²) in [6, 6.07) is 0. The number of allylic oxidation sites excluding steroid dienone is 1. The summed E-state index contributed by atoms with van der Waals surface area (Å²) in [6.07, 6.45) is 10.2. The van der Waals surface area contributed by atoms with E-state index in [0.717, 1.165) is 12.5 Å². The van der Waals surface area contributed by atoms with Crippen LogP contribution in [-0.2, 0) is 0 Å². The van der Waals surface area contributed by atoms with E-state index in [1.54, 1.807) is 0 Å². The Morgan fingerprint density at radius 2 is 2.30 bits per heavy atom. The van der Waals surface area contributed by atoms with Gasteiger partial charge in [-0.05, 0) is 38.8 Å². The molecule has 0 aromatic carbocycles. The van der Waals surface area contributed by atoms with Crippen LogP contribution in [0.15, 0.2) is 12.2 Å². The molecular formula is C9H17N. The summed E-state index contributed by atoms with van der Waals surface area (Å²) < 4.78 is 0. The number of hydrogen-bond donors (Lipinski definition) is 1. The lowest BCUT2D eigenvalue weighted by Crippen LogP contribution is -2.08. The third kappa shape index (κ3) is 2.53. The Bertz CT molecular complexity index is 103. The molecule has 0 heterocycles. The van der Waals surface area contributed by atoms with Gasteiger partial charge >= 0.3 is 0 Å². The molecule has 0 bridgehead atoms. The minimum Gasteiger partial charge on any atom is -0.319 e. The van der Waals surface area contributed by atoms with Crippen molar-refractivity contribution in [1.82, 2.24) is 5.32 Å². The number of nitrogens with one attached hydrogen (secondary N) is 1. The second-order valence-electron chi connectivity index (χ2n) is 3.01. The van der Waals surface area contributed by atoms with Crippen molar-refractivity contribution in [1.29, 1.82) is 0 Å². The maximum absolute atomic E-state index is 3.13. The standard InChI is InChI=1S/C9H17N/c1-10-8-3-2-5-9-6-4-7-9/h2,5,9-10H,3-4,6-8H2,1H3/b5-2+. The summed E-state index contributed by atoms with van der Waals surface area (Å²) in [7, 11) is 2.00. The molecular weight excluding hydrogens is 122 g/mol. The zero-order valence-corrected chi connectivity index (χ0v) is 6.77. The molecule has 1 N–H and O–H groups in total. The minimum atomic E-state index is 0.928. The lowest BCUT2D eigenvalue weighted by Gasteiger charge is -2.21. The van der Waals surface area contributed by atoms with Crippen LogP contribution in [0.3, 0.4) is 0 Å². The van der Waals surface area contributed by atoms with Crippen molar-refractivity contribution >= 4 is 0 Å². The van der Waals surface area contributed by atoms with Gasteiger partial charge in [0.05, 0.1) is 0 Å². The maximum Gasteiger partial charge on any atom is -0.00173 e. The first kappa shape index (κ1) is 7.80. The highest BCUT2D eigenvalue weighted by Gasteiger charge is 2.12. The largest absolute Gasteiger partial charge is 0.319 e. The van der Waals surface area contributed by atoms with Crippen molar-refractivity contribution in [3.05, 3.63) is 12.2 Å². The molecule has 1 aliphatic rings. The normalized spacial score (nSPS) is 19.7. The summed E-state index contributed by atoms with van der Waals surface area (Å²) >= 11 is 0. The van der Waals surface area contributed by atoms with Gasteiger partial charge in [-0.1, -0.05) is 18.6 Å². The van der Waals surface area contributed by atoms with Crippen molar-refractivity contribution in [2.45, 2.75) is 25.7 Å². The highest BCUT2D eigenvalue weighted by Crippen LogP contribution is 2.27. The van der Waals surface area contributed by atoms with Crippen LogP contribution < -0.4 is 5.32 Å². The van der Waals surface area contributed by atoms with Crippen molar-refractivity contribution < 1.29 is 0 Å². The predicted octanol–water partition coefficient (Wildman–Crippen LogP) is 1.95. The van der Waals surface area contributed by atoms with Gasteiger partial charge in [0.25, 0.3) is 0 Å². The van der Waals surface area contributed by atoms with Gasteiger partial charge in [0.2, 0.25) is 0 Å². The molecule has 0 spiro atoms. The molecule has 0 unspecified atom stereocenters. The molecule has 0 saturated heterocycles. The SMILES string of the molecule is CNCC/C=C/C1CCC1. The van der Waals surface area contributed by atoms with Crippen molar-refractivity contribution in [3.8, 4) is 0 Å². The number of rotatable bonds is 4. The van der Waals surface area contributed by atoms with Gasteiger partial charge in [-0.15, -0.1) is 0 Å². The average molecular weight is 139 g/mol. The Kier molecular flexibility index (Phi) is 3.52. The summed E-state index contributed by atoms with van der Waals surface area (Å²) in [5.74, 6) is 0.928. The van der Waals surface area contributed by atoms with E-state index >= 15 is 0 Å². The summed E-state index contributed by atoms with van der Waals surface area (Å²) in [5, 5.41) is 3.13. The zero-order valence-electron chi connectivity index (χ0n) is 6.77. The molecule has 58 valence electrons. The van der Waals surface area contributed by atoms with Crippen LogP contribution >= 0.6 is 0 Å². The molecule has 1 nitrogen and oxygen atoms in total. The van der Waals surface area contributed by atoms with E-state index in [0.29, 0.717) is 0 Å². The van der Waals surface area contributed by atoms with E-state index in [4.69, 9.17) is 0 Å². The smallest absolute Gasteiger partial charge is 0.00173 e. The Hall–Kier alpha value is -0.300. The maximum atomic E-state index is 3.13. The van der Waals surface area contributed by atoms with Crippen LogP contribution in [0.25, 0.3) is 0 Å². The van der Waals surface area contributed by atoms with Crippen LogP contribution in [0.4, 0.5) is 0 Å². The Morgan fingerprint density at radius 1 is 1.50 bits per heavy atom. The van der Waals surface area contributed by atoms with Crippen LogP contribution in [-0.4, -0.2) is 13.6 Å². The second kappa shape index (κ2) is 4.51. The highest BCUT2D eigenvalue weighted by molar-refractivity contribution is 4.92. The zero-order chi connectivity index (χ0) is 7.23. The summed E-state index contributed by atoms with van der Waals surface area (Å²) in [6.45, 7) is 1.11. The van der Waals surface area contributed by atoms with E-state index in [-0.39, 0.29) is 0 Å².